The highest BCUT2D eigenvalue weighted by molar-refractivity contribution is 6.18. The van der Waals surface area contributed by atoms with E-state index in [-0.39, 0.29) is 0 Å². The molecule has 0 fully saturated rings. The minimum absolute atomic E-state index is 0.706. The maximum absolute atomic E-state index is 4.88. The molecule has 5 heteroatoms. The van der Waals surface area contributed by atoms with E-state index in [1.165, 1.54) is 18.2 Å². The van der Waals surface area contributed by atoms with Crippen molar-refractivity contribution in [1.29, 1.82) is 0 Å². The molecule has 0 spiro atoms. The van der Waals surface area contributed by atoms with Crippen LogP contribution in [0.3, 0.4) is 0 Å². The van der Waals surface area contributed by atoms with Crippen LogP contribution >= 0.6 is 0 Å². The Kier molecular flexibility index (Phi) is 11.4. The summed E-state index contributed by atoms with van der Waals surface area (Å²) >= 11 is 0. The fourth-order valence-corrected chi connectivity index (χ4v) is 7.16. The predicted octanol–water partition coefficient (Wildman–Crippen LogP) is 13.8. The van der Waals surface area contributed by atoms with E-state index in [0.717, 1.165) is 77.7 Å². The summed E-state index contributed by atoms with van der Waals surface area (Å²) in [6.45, 7) is 16.7. The third-order valence-electron chi connectivity index (χ3n) is 10.0. The van der Waals surface area contributed by atoms with Crippen molar-refractivity contribution >= 4 is 61.7 Å². The number of nitrogens with zero attached hydrogens (tertiary/aromatic N) is 5. The molecule has 8 rings (SSSR count). The normalized spacial score (nSPS) is 12.5. The second-order valence-corrected chi connectivity index (χ2v) is 13.7. The summed E-state index contributed by atoms with van der Waals surface area (Å²) in [5, 5.41) is 3.44. The quantitative estimate of drug-likeness (QED) is 0.104. The van der Waals surface area contributed by atoms with Crippen LogP contribution in [0.15, 0.2) is 187 Å². The van der Waals surface area contributed by atoms with Gasteiger partial charge in [-0.3, -0.25) is 15.0 Å². The summed E-state index contributed by atoms with van der Waals surface area (Å²) in [7, 11) is 0. The Morgan fingerprint density at radius 3 is 2.20 bits per heavy atom. The second-order valence-electron chi connectivity index (χ2n) is 13.7. The Bertz CT molecular complexity index is 2810. The molecule has 0 aliphatic carbocycles. The summed E-state index contributed by atoms with van der Waals surface area (Å²) in [4.78, 5) is 13.8. The molecule has 4 aromatic heterocycles. The first kappa shape index (κ1) is 37.5. The average molecular weight is 730 g/mol. The zero-order valence-corrected chi connectivity index (χ0v) is 32.7. The molecule has 0 radical (unpaired) electrons. The van der Waals surface area contributed by atoms with E-state index in [2.05, 4.69) is 156 Å². The zero-order valence-electron chi connectivity index (χ0n) is 32.7. The number of rotatable bonds is 10. The van der Waals surface area contributed by atoms with Crippen molar-refractivity contribution in [3.63, 3.8) is 0 Å². The van der Waals surface area contributed by atoms with E-state index < -0.39 is 0 Å². The average Bonchev–Trinajstić information content (AvgIpc) is 3.77. The molecule has 0 N–H and O–H groups in total. The van der Waals surface area contributed by atoms with Crippen LogP contribution in [0.1, 0.15) is 46.2 Å². The molecule has 0 amide bonds. The van der Waals surface area contributed by atoms with E-state index >= 15 is 0 Å². The SMILES string of the molecule is C=N/C(=C\C=C/C)C(=C)/C=C(\C=C(/C)c1ccccn1)n1c2ccccc2c2c(-c3ccc4c(c3)c3ncccc3n4-c3ccccc3)cccc21.CCCC. The summed E-state index contributed by atoms with van der Waals surface area (Å²) < 4.78 is 4.62. The summed E-state index contributed by atoms with van der Waals surface area (Å²) in [5.41, 5.74) is 13.1. The first-order valence-electron chi connectivity index (χ1n) is 19.3. The first-order chi connectivity index (χ1) is 27.5. The van der Waals surface area contributed by atoms with E-state index in [9.17, 15) is 0 Å². The summed E-state index contributed by atoms with van der Waals surface area (Å²) in [6.07, 6.45) is 16.5. The molecule has 0 saturated heterocycles. The smallest absolute Gasteiger partial charge is 0.0963 e. The summed E-state index contributed by atoms with van der Waals surface area (Å²) in [5.74, 6) is 0. The lowest BCUT2D eigenvalue weighted by Crippen LogP contribution is -1.98. The van der Waals surface area contributed by atoms with Gasteiger partial charge in [-0.05, 0) is 122 Å². The summed E-state index contributed by atoms with van der Waals surface area (Å²) in [6, 6.07) is 42.5. The Hall–Kier alpha value is -6.85. The maximum atomic E-state index is 4.88. The molecule has 4 heterocycles. The Labute approximate surface area is 329 Å². The molecule has 0 atom stereocenters. The van der Waals surface area contributed by atoms with Gasteiger partial charge in [-0.25, -0.2) is 0 Å². The molecule has 4 aromatic carbocycles. The largest absolute Gasteiger partial charge is 0.309 e. The molecule has 276 valence electrons. The van der Waals surface area contributed by atoms with Crippen molar-refractivity contribution in [2.75, 3.05) is 0 Å². The zero-order chi connectivity index (χ0) is 39.0. The minimum atomic E-state index is 0.706. The molecule has 56 heavy (non-hydrogen) atoms. The Balaban J connectivity index is 0.00000115. The van der Waals surface area contributed by atoms with Crippen molar-refractivity contribution in [3.05, 3.63) is 188 Å². The molecular formula is C51H47N5. The van der Waals surface area contributed by atoms with Gasteiger partial charge in [0.25, 0.3) is 0 Å². The van der Waals surface area contributed by atoms with Crippen molar-refractivity contribution < 1.29 is 0 Å². The maximum Gasteiger partial charge on any atom is 0.0963 e. The Morgan fingerprint density at radius 1 is 0.714 bits per heavy atom. The van der Waals surface area contributed by atoms with Crippen molar-refractivity contribution in [1.82, 2.24) is 19.1 Å². The van der Waals surface area contributed by atoms with Gasteiger partial charge in [0, 0.05) is 39.9 Å². The van der Waals surface area contributed by atoms with Gasteiger partial charge in [-0.15, -0.1) is 0 Å². The van der Waals surface area contributed by atoms with Crippen LogP contribution in [0, 0.1) is 0 Å². The molecule has 0 aliphatic rings. The topological polar surface area (TPSA) is 48.0 Å². The standard InChI is InChI=1S/C47H37N5.C4H10/c1-5-6-20-40(48-4)32(2)29-36(30-33(3)41-21-12-13-27-49-41)52-42-22-11-10-18-38(42)46-37(19-14-23-44(46)52)34-25-26-43-39(31-34)47-45(24-15-28-50-47)51(43)35-16-8-7-9-17-35;1-3-4-2/h5-31H,2,4H2,1,3H3;3-4H2,1-2H3/b6-5-,33-30+,36-29+,40-20-;. The number of fused-ring (bicyclic) bond motifs is 6. The minimum Gasteiger partial charge on any atom is -0.309 e. The number of pyridine rings is 2. The van der Waals surface area contributed by atoms with Crippen LogP contribution in [0.4, 0.5) is 0 Å². The van der Waals surface area contributed by atoms with Gasteiger partial charge >= 0.3 is 0 Å². The van der Waals surface area contributed by atoms with Crippen LogP contribution < -0.4 is 0 Å². The van der Waals surface area contributed by atoms with Gasteiger partial charge < -0.3 is 9.13 Å². The molecule has 5 nitrogen and oxygen atoms in total. The van der Waals surface area contributed by atoms with Gasteiger partial charge in [0.15, 0.2) is 0 Å². The number of aliphatic imine (C=N–C) groups is 1. The van der Waals surface area contributed by atoms with Gasteiger partial charge in [0.05, 0.1) is 39.0 Å². The van der Waals surface area contributed by atoms with Crippen LogP contribution in [0.25, 0.3) is 71.8 Å². The van der Waals surface area contributed by atoms with E-state index in [1.807, 2.05) is 67.9 Å². The number of benzene rings is 4. The molecule has 0 bridgehead atoms. The van der Waals surface area contributed by atoms with E-state index in [0.29, 0.717) is 5.70 Å². The molecular weight excluding hydrogens is 683 g/mol. The molecule has 0 unspecified atom stereocenters. The molecule has 8 aromatic rings. The first-order valence-corrected chi connectivity index (χ1v) is 19.3. The van der Waals surface area contributed by atoms with Gasteiger partial charge in [-0.2, -0.15) is 0 Å². The van der Waals surface area contributed by atoms with Gasteiger partial charge in [0.2, 0.25) is 0 Å². The monoisotopic (exact) mass is 729 g/mol. The number of hydrogen-bond acceptors (Lipinski definition) is 3. The van der Waals surface area contributed by atoms with Crippen molar-refractivity contribution in [3.8, 4) is 16.8 Å². The van der Waals surface area contributed by atoms with Crippen molar-refractivity contribution in [2.45, 2.75) is 40.5 Å². The third kappa shape index (κ3) is 7.32. The lowest BCUT2D eigenvalue weighted by Gasteiger charge is -2.13. The number of hydrogen-bond donors (Lipinski definition) is 0. The number of unbranched alkanes of at least 4 members (excludes halogenated alkanes) is 1. The second kappa shape index (κ2) is 17.1. The predicted molar refractivity (Wildman–Crippen MR) is 241 cm³/mol. The van der Waals surface area contributed by atoms with E-state index in [1.54, 1.807) is 0 Å². The van der Waals surface area contributed by atoms with Crippen molar-refractivity contribution in [2.24, 2.45) is 4.99 Å². The Morgan fingerprint density at radius 2 is 1.45 bits per heavy atom. The highest BCUT2D eigenvalue weighted by atomic mass is 15.0. The van der Waals surface area contributed by atoms with Crippen LogP contribution in [-0.2, 0) is 0 Å². The van der Waals surface area contributed by atoms with Crippen LogP contribution in [0.2, 0.25) is 0 Å². The van der Waals surface area contributed by atoms with Gasteiger partial charge in [-0.1, -0.05) is 106 Å². The highest BCUT2D eigenvalue weighted by Crippen LogP contribution is 2.41. The highest BCUT2D eigenvalue weighted by Gasteiger charge is 2.19. The number of para-hydroxylation sites is 2. The molecule has 0 aliphatic heterocycles. The number of allylic oxidation sites excluding steroid dienone is 7. The molecule has 0 saturated carbocycles. The third-order valence-corrected chi connectivity index (χ3v) is 10.0. The van der Waals surface area contributed by atoms with Crippen LogP contribution in [-0.4, -0.2) is 25.8 Å². The fraction of sp³-hybridized carbons (Fsp3) is 0.118. The number of aromatic nitrogens is 4. The van der Waals surface area contributed by atoms with E-state index in [4.69, 9.17) is 4.98 Å². The fourth-order valence-electron chi connectivity index (χ4n) is 7.16. The lowest BCUT2D eigenvalue weighted by atomic mass is 9.98. The lowest BCUT2D eigenvalue weighted by molar-refractivity contribution is 0.886. The van der Waals surface area contributed by atoms with Crippen LogP contribution in [0.5, 0.6) is 0 Å². The van der Waals surface area contributed by atoms with Gasteiger partial charge in [0.1, 0.15) is 0 Å².